The van der Waals surface area contributed by atoms with Crippen LogP contribution in [0.1, 0.15) is 49.9 Å². The maximum Gasteiger partial charge on any atom is 0.295 e. The summed E-state index contributed by atoms with van der Waals surface area (Å²) >= 11 is 0. The van der Waals surface area contributed by atoms with Gasteiger partial charge in [-0.2, -0.15) is 0 Å². The average Bonchev–Trinajstić information content (AvgIpc) is 3.08. The van der Waals surface area contributed by atoms with Gasteiger partial charge in [0, 0.05) is 12.1 Å². The van der Waals surface area contributed by atoms with Gasteiger partial charge in [0.15, 0.2) is 0 Å². The van der Waals surface area contributed by atoms with Crippen molar-refractivity contribution in [1.29, 1.82) is 0 Å². The van der Waals surface area contributed by atoms with Gasteiger partial charge in [-0.1, -0.05) is 26.0 Å². The molecule has 2 aromatic rings. The molecule has 1 N–H and O–H groups in total. The number of Topliss-reactive ketones (excluding diaryl/α,β-unsaturated/α-hetero) is 1. The SMILES string of the molecule is CCOc1ccc([C@@H]2C(=C(O)c3ccc(OCC(C)C)cc3C)C(=O)C(=O)N2CCCN(C)C)cc1. The summed E-state index contributed by atoms with van der Waals surface area (Å²) < 4.78 is 11.4. The van der Waals surface area contributed by atoms with Gasteiger partial charge in [0.05, 0.1) is 24.8 Å². The van der Waals surface area contributed by atoms with E-state index in [9.17, 15) is 14.7 Å². The van der Waals surface area contributed by atoms with E-state index < -0.39 is 17.7 Å². The summed E-state index contributed by atoms with van der Waals surface area (Å²) in [4.78, 5) is 30.0. The number of aliphatic hydroxyl groups is 1. The molecule has 194 valence electrons. The molecule has 1 aliphatic heterocycles. The highest BCUT2D eigenvalue weighted by atomic mass is 16.5. The van der Waals surface area contributed by atoms with Crippen LogP contribution in [0, 0.1) is 12.8 Å². The van der Waals surface area contributed by atoms with Crippen molar-refractivity contribution in [3.8, 4) is 11.5 Å². The molecule has 0 aliphatic carbocycles. The second-order valence-corrected chi connectivity index (χ2v) is 9.83. The van der Waals surface area contributed by atoms with Crippen molar-refractivity contribution in [3.63, 3.8) is 0 Å². The summed E-state index contributed by atoms with van der Waals surface area (Å²) in [6.07, 6.45) is 0.703. The number of aryl methyl sites for hydroxylation is 1. The molecule has 0 unspecified atom stereocenters. The third-order valence-electron chi connectivity index (χ3n) is 6.09. The highest BCUT2D eigenvalue weighted by Crippen LogP contribution is 2.40. The van der Waals surface area contributed by atoms with Gasteiger partial charge in [0.25, 0.3) is 11.7 Å². The maximum absolute atomic E-state index is 13.3. The number of rotatable bonds is 11. The standard InChI is InChI=1S/C29H38N2O5/c1-7-35-22-11-9-21(10-12-22)26-25(28(33)29(34)31(26)16-8-15-30(5)6)27(32)24-14-13-23(17-20(24)4)36-18-19(2)3/h9-14,17,19,26,32H,7-8,15-16,18H2,1-6H3/t26-/m1/s1. The summed E-state index contributed by atoms with van der Waals surface area (Å²) in [5.74, 6) is 0.356. The van der Waals surface area contributed by atoms with Crippen LogP contribution in [0.5, 0.6) is 11.5 Å². The van der Waals surface area contributed by atoms with Gasteiger partial charge in [0.2, 0.25) is 0 Å². The Kier molecular flexibility index (Phi) is 9.15. The monoisotopic (exact) mass is 494 g/mol. The maximum atomic E-state index is 13.3. The molecule has 2 aromatic carbocycles. The molecule has 0 saturated carbocycles. The zero-order valence-corrected chi connectivity index (χ0v) is 22.2. The molecule has 1 fully saturated rings. The number of ketones is 1. The summed E-state index contributed by atoms with van der Waals surface area (Å²) in [6.45, 7) is 10.2. The van der Waals surface area contributed by atoms with Crippen LogP contribution in [-0.2, 0) is 9.59 Å². The Morgan fingerprint density at radius 1 is 1.06 bits per heavy atom. The van der Waals surface area contributed by atoms with Crippen LogP contribution in [0.4, 0.5) is 0 Å². The molecule has 1 aliphatic rings. The Bertz CT molecular complexity index is 1110. The Morgan fingerprint density at radius 2 is 1.72 bits per heavy atom. The predicted molar refractivity (Wildman–Crippen MR) is 141 cm³/mol. The fourth-order valence-electron chi connectivity index (χ4n) is 4.33. The van der Waals surface area contributed by atoms with Crippen LogP contribution in [-0.4, -0.2) is 67.0 Å². The van der Waals surface area contributed by atoms with Gasteiger partial charge in [-0.05, 0) is 88.3 Å². The van der Waals surface area contributed by atoms with Crippen LogP contribution in [0.2, 0.25) is 0 Å². The lowest BCUT2D eigenvalue weighted by Crippen LogP contribution is -2.32. The first-order valence-electron chi connectivity index (χ1n) is 12.5. The van der Waals surface area contributed by atoms with Gasteiger partial charge < -0.3 is 24.4 Å². The highest BCUT2D eigenvalue weighted by Gasteiger charge is 2.45. The first kappa shape index (κ1) is 27.3. The minimum Gasteiger partial charge on any atom is -0.507 e. The van der Waals surface area contributed by atoms with Crippen molar-refractivity contribution >= 4 is 17.4 Å². The second-order valence-electron chi connectivity index (χ2n) is 9.83. The zero-order chi connectivity index (χ0) is 26.4. The van der Waals surface area contributed by atoms with Gasteiger partial charge in [-0.3, -0.25) is 9.59 Å². The quantitative estimate of drug-likeness (QED) is 0.275. The van der Waals surface area contributed by atoms with E-state index in [1.165, 1.54) is 0 Å². The van der Waals surface area contributed by atoms with Gasteiger partial charge in [-0.25, -0.2) is 0 Å². The van der Waals surface area contributed by atoms with Crippen LogP contribution in [0.25, 0.3) is 5.76 Å². The van der Waals surface area contributed by atoms with Crippen molar-refractivity contribution in [2.45, 2.75) is 40.2 Å². The third kappa shape index (κ3) is 6.26. The number of amides is 1. The highest BCUT2D eigenvalue weighted by molar-refractivity contribution is 6.46. The molecule has 7 heteroatoms. The summed E-state index contributed by atoms with van der Waals surface area (Å²) in [5, 5.41) is 11.4. The molecule has 0 radical (unpaired) electrons. The fraction of sp³-hybridized carbons (Fsp3) is 0.448. The van der Waals surface area contributed by atoms with E-state index >= 15 is 0 Å². The summed E-state index contributed by atoms with van der Waals surface area (Å²) in [5.41, 5.74) is 2.12. The number of nitrogens with zero attached hydrogens (tertiary/aromatic N) is 2. The molecular formula is C29H38N2O5. The number of benzene rings is 2. The molecule has 1 heterocycles. The molecule has 3 rings (SSSR count). The predicted octanol–water partition coefficient (Wildman–Crippen LogP) is 4.80. The average molecular weight is 495 g/mol. The lowest BCUT2D eigenvalue weighted by Gasteiger charge is -2.26. The van der Waals surface area contributed by atoms with E-state index in [1.54, 1.807) is 17.0 Å². The number of ether oxygens (including phenoxy) is 2. The van der Waals surface area contributed by atoms with Crippen molar-refractivity contribution < 1.29 is 24.2 Å². The third-order valence-corrected chi connectivity index (χ3v) is 6.09. The van der Waals surface area contributed by atoms with E-state index in [0.717, 1.165) is 17.7 Å². The molecule has 7 nitrogen and oxygen atoms in total. The Balaban J connectivity index is 2.04. The van der Waals surface area contributed by atoms with Crippen molar-refractivity contribution in [2.75, 3.05) is 40.4 Å². The first-order valence-corrected chi connectivity index (χ1v) is 12.5. The Morgan fingerprint density at radius 3 is 2.31 bits per heavy atom. The molecule has 1 saturated heterocycles. The van der Waals surface area contributed by atoms with E-state index in [1.807, 2.05) is 63.2 Å². The molecule has 0 bridgehead atoms. The van der Waals surface area contributed by atoms with E-state index in [0.29, 0.717) is 49.2 Å². The van der Waals surface area contributed by atoms with E-state index in [-0.39, 0.29) is 11.3 Å². The normalized spacial score (nSPS) is 17.3. The number of hydrogen-bond acceptors (Lipinski definition) is 6. The molecule has 1 atom stereocenters. The fourth-order valence-corrected chi connectivity index (χ4v) is 4.33. The number of hydrogen-bond donors (Lipinski definition) is 1. The van der Waals surface area contributed by atoms with Crippen molar-refractivity contribution in [1.82, 2.24) is 9.80 Å². The van der Waals surface area contributed by atoms with Gasteiger partial charge in [0.1, 0.15) is 17.3 Å². The Labute approximate surface area is 214 Å². The van der Waals surface area contributed by atoms with Crippen LogP contribution >= 0.6 is 0 Å². The number of aliphatic hydroxyl groups excluding tert-OH is 1. The summed E-state index contributed by atoms with van der Waals surface area (Å²) in [7, 11) is 3.94. The van der Waals surface area contributed by atoms with Gasteiger partial charge in [-0.15, -0.1) is 0 Å². The minimum absolute atomic E-state index is 0.105. The van der Waals surface area contributed by atoms with Crippen LogP contribution < -0.4 is 9.47 Å². The van der Waals surface area contributed by atoms with Gasteiger partial charge >= 0.3 is 0 Å². The number of likely N-dealkylation sites (tertiary alicyclic amines) is 1. The number of carbonyl (C=O) groups is 2. The van der Waals surface area contributed by atoms with Crippen LogP contribution in [0.15, 0.2) is 48.0 Å². The lowest BCUT2D eigenvalue weighted by molar-refractivity contribution is -0.139. The van der Waals surface area contributed by atoms with Crippen LogP contribution in [0.3, 0.4) is 0 Å². The van der Waals surface area contributed by atoms with E-state index in [4.69, 9.17) is 9.47 Å². The first-order chi connectivity index (χ1) is 17.1. The Hall–Kier alpha value is -3.32. The topological polar surface area (TPSA) is 79.3 Å². The minimum atomic E-state index is -0.681. The molecule has 0 spiro atoms. The molecule has 1 amide bonds. The largest absolute Gasteiger partial charge is 0.507 e. The summed E-state index contributed by atoms with van der Waals surface area (Å²) in [6, 6.07) is 12.0. The molecule has 36 heavy (non-hydrogen) atoms. The van der Waals surface area contributed by atoms with E-state index in [2.05, 4.69) is 13.8 Å². The number of carbonyl (C=O) groups excluding carboxylic acids is 2. The molecule has 0 aromatic heterocycles. The lowest BCUT2D eigenvalue weighted by atomic mass is 9.93. The second kappa shape index (κ2) is 12.1. The zero-order valence-electron chi connectivity index (χ0n) is 22.2. The van der Waals surface area contributed by atoms with Crippen molar-refractivity contribution in [3.05, 3.63) is 64.7 Å². The molecular weight excluding hydrogens is 456 g/mol. The van der Waals surface area contributed by atoms with Crippen molar-refractivity contribution in [2.24, 2.45) is 5.92 Å². The smallest absolute Gasteiger partial charge is 0.295 e.